The summed E-state index contributed by atoms with van der Waals surface area (Å²) in [6.07, 6.45) is 1.09. The molecule has 1 atom stereocenters. The Bertz CT molecular complexity index is 2080. The summed E-state index contributed by atoms with van der Waals surface area (Å²) in [4.78, 5) is 52.2. The molecular formula is C42H52BrN7O6. The van der Waals surface area contributed by atoms with Gasteiger partial charge in [0.25, 0.3) is 5.91 Å². The molecule has 0 spiro atoms. The molecule has 13 nitrogen and oxygen atoms in total. The molecule has 56 heavy (non-hydrogen) atoms. The van der Waals surface area contributed by atoms with E-state index in [2.05, 4.69) is 78.2 Å². The van der Waals surface area contributed by atoms with Gasteiger partial charge in [0.05, 0.1) is 25.3 Å². The number of piperazine rings is 1. The SMILES string of the molecule is COc1cc2c(N[C@H](C)c3cccc(Br)c3)nc(C)nc2cc1OCC(C)(C)CC(C)(C)N1CCN(C(=O)COc2cccc(N3CCC(=O)NC3=O)c2)CC1. The highest BCUT2D eigenvalue weighted by atomic mass is 79.9. The van der Waals surface area contributed by atoms with E-state index in [-0.39, 0.29) is 41.8 Å². The Kier molecular flexibility index (Phi) is 12.4. The lowest BCUT2D eigenvalue weighted by Gasteiger charge is -2.47. The van der Waals surface area contributed by atoms with E-state index in [0.29, 0.717) is 55.0 Å². The third-order valence-electron chi connectivity index (χ3n) is 10.4. The van der Waals surface area contributed by atoms with Crippen LogP contribution in [0.2, 0.25) is 0 Å². The zero-order chi connectivity index (χ0) is 40.2. The first-order valence-electron chi connectivity index (χ1n) is 19.0. The summed E-state index contributed by atoms with van der Waals surface area (Å²) in [7, 11) is 1.64. The van der Waals surface area contributed by atoms with E-state index in [1.165, 1.54) is 4.90 Å². The lowest BCUT2D eigenvalue weighted by Crippen LogP contribution is -2.57. The fraction of sp³-hybridized carbons (Fsp3) is 0.452. The van der Waals surface area contributed by atoms with E-state index >= 15 is 0 Å². The maximum absolute atomic E-state index is 13.2. The monoisotopic (exact) mass is 829 g/mol. The molecule has 298 valence electrons. The van der Waals surface area contributed by atoms with Crippen molar-refractivity contribution in [3.05, 3.63) is 76.5 Å². The Balaban J connectivity index is 1.02. The van der Waals surface area contributed by atoms with E-state index in [1.807, 2.05) is 36.1 Å². The molecule has 0 radical (unpaired) electrons. The Morgan fingerprint density at radius 3 is 2.41 bits per heavy atom. The van der Waals surface area contributed by atoms with Gasteiger partial charge in [-0.25, -0.2) is 14.8 Å². The Morgan fingerprint density at radius 2 is 1.70 bits per heavy atom. The number of carbonyl (C=O) groups is 3. The third kappa shape index (κ3) is 9.88. The maximum Gasteiger partial charge on any atom is 0.328 e. The quantitative estimate of drug-likeness (QED) is 0.135. The van der Waals surface area contributed by atoms with Crippen LogP contribution >= 0.6 is 15.9 Å². The first-order chi connectivity index (χ1) is 26.6. The van der Waals surface area contributed by atoms with Crippen molar-refractivity contribution in [2.24, 2.45) is 5.41 Å². The molecule has 3 heterocycles. The summed E-state index contributed by atoms with van der Waals surface area (Å²) in [5.74, 6) is 2.74. The molecule has 2 saturated heterocycles. The van der Waals surface area contributed by atoms with Gasteiger partial charge in [0.15, 0.2) is 18.1 Å². The fourth-order valence-corrected chi connectivity index (χ4v) is 8.07. The van der Waals surface area contributed by atoms with Crippen LogP contribution in [0.15, 0.2) is 65.1 Å². The first-order valence-corrected chi connectivity index (χ1v) is 19.8. The molecule has 0 saturated carbocycles. The number of nitrogens with zero attached hydrogens (tertiary/aromatic N) is 5. The molecule has 2 aliphatic heterocycles. The molecular weight excluding hydrogens is 778 g/mol. The highest BCUT2D eigenvalue weighted by Gasteiger charge is 2.37. The minimum atomic E-state index is -0.465. The number of methoxy groups -OCH3 is 1. The molecule has 4 aromatic rings. The zero-order valence-corrected chi connectivity index (χ0v) is 34.9. The number of ether oxygens (including phenoxy) is 3. The minimum Gasteiger partial charge on any atom is -0.493 e. The van der Waals surface area contributed by atoms with Gasteiger partial charge < -0.3 is 24.4 Å². The summed E-state index contributed by atoms with van der Waals surface area (Å²) in [6, 6.07) is 18.6. The fourth-order valence-electron chi connectivity index (χ4n) is 7.66. The normalized spacial score (nSPS) is 16.1. The van der Waals surface area contributed by atoms with Gasteiger partial charge in [-0.1, -0.05) is 48.0 Å². The van der Waals surface area contributed by atoms with Gasteiger partial charge >= 0.3 is 6.03 Å². The molecule has 2 fully saturated rings. The minimum absolute atomic E-state index is 0.00983. The first kappa shape index (κ1) is 40.7. The summed E-state index contributed by atoms with van der Waals surface area (Å²) < 4.78 is 19.2. The molecule has 2 N–H and O–H groups in total. The predicted molar refractivity (Wildman–Crippen MR) is 221 cm³/mol. The number of imide groups is 1. The standard InChI is InChI=1S/C42H52BrN7O6/c1-27(29-10-8-11-30(43)20-29)44-39-33-22-35(54-7)36(23-34(33)45-28(2)46-39)56-26-41(3,4)25-42(5,6)49-18-16-48(17-19-49)38(52)24-55-32-13-9-12-31(21-32)50-15-14-37(51)47-40(50)53/h8-13,20-23,27H,14-19,24-26H2,1-7H3,(H,44,45,46)(H,47,51,53)/t27-/m1/s1. The van der Waals surface area contributed by atoms with Crippen LogP contribution in [-0.2, 0) is 9.59 Å². The van der Waals surface area contributed by atoms with E-state index in [4.69, 9.17) is 24.2 Å². The van der Waals surface area contributed by atoms with Crippen LogP contribution in [0.5, 0.6) is 17.2 Å². The number of aryl methyl sites for hydroxylation is 1. The Labute approximate surface area is 337 Å². The second kappa shape index (κ2) is 17.0. The van der Waals surface area contributed by atoms with Gasteiger partial charge in [-0.05, 0) is 70.0 Å². The average Bonchev–Trinajstić information content (AvgIpc) is 3.15. The molecule has 1 aromatic heterocycles. The van der Waals surface area contributed by atoms with Crippen LogP contribution in [0.4, 0.5) is 16.3 Å². The van der Waals surface area contributed by atoms with Crippen molar-refractivity contribution in [3.63, 3.8) is 0 Å². The van der Waals surface area contributed by atoms with Crippen molar-refractivity contribution in [2.75, 3.05) is 63.3 Å². The number of benzene rings is 3. The van der Waals surface area contributed by atoms with E-state index in [0.717, 1.165) is 46.3 Å². The van der Waals surface area contributed by atoms with Gasteiger partial charge in [0.2, 0.25) is 5.91 Å². The number of carbonyl (C=O) groups excluding carboxylic acids is 3. The van der Waals surface area contributed by atoms with E-state index in [9.17, 15) is 14.4 Å². The van der Waals surface area contributed by atoms with Gasteiger partial charge in [0, 0.05) is 77.8 Å². The second-order valence-corrected chi connectivity index (χ2v) is 16.8. The lowest BCUT2D eigenvalue weighted by atomic mass is 9.79. The number of aromatic nitrogens is 2. The highest BCUT2D eigenvalue weighted by Crippen LogP contribution is 2.38. The predicted octanol–water partition coefficient (Wildman–Crippen LogP) is 7.13. The molecule has 6 rings (SSSR count). The van der Waals surface area contributed by atoms with Gasteiger partial charge in [-0.2, -0.15) is 0 Å². The molecule has 14 heteroatoms. The summed E-state index contributed by atoms with van der Waals surface area (Å²) in [6.45, 7) is 16.2. The number of fused-ring (bicyclic) bond motifs is 1. The van der Waals surface area contributed by atoms with Crippen molar-refractivity contribution in [1.82, 2.24) is 25.1 Å². The second-order valence-electron chi connectivity index (χ2n) is 15.9. The summed E-state index contributed by atoms with van der Waals surface area (Å²) in [5.41, 5.74) is 2.15. The lowest BCUT2D eigenvalue weighted by molar-refractivity contribution is -0.136. The maximum atomic E-state index is 13.2. The number of amides is 4. The van der Waals surface area contributed by atoms with Crippen LogP contribution in [-0.4, -0.2) is 96.2 Å². The topological polar surface area (TPSA) is 138 Å². The van der Waals surface area contributed by atoms with Gasteiger partial charge in [-0.3, -0.25) is 24.7 Å². The molecule has 3 aromatic carbocycles. The van der Waals surface area contributed by atoms with E-state index < -0.39 is 6.03 Å². The molecule has 0 aliphatic carbocycles. The van der Waals surface area contributed by atoms with Crippen molar-refractivity contribution in [1.29, 1.82) is 0 Å². The summed E-state index contributed by atoms with van der Waals surface area (Å²) >= 11 is 3.57. The largest absolute Gasteiger partial charge is 0.493 e. The van der Waals surface area contributed by atoms with E-state index in [1.54, 1.807) is 31.4 Å². The molecule has 0 bridgehead atoms. The van der Waals surface area contributed by atoms with Crippen LogP contribution in [0.1, 0.15) is 64.9 Å². The van der Waals surface area contributed by atoms with Crippen molar-refractivity contribution in [2.45, 2.75) is 66.0 Å². The van der Waals surface area contributed by atoms with Crippen LogP contribution in [0.25, 0.3) is 10.9 Å². The number of urea groups is 1. The van der Waals surface area contributed by atoms with Crippen molar-refractivity contribution >= 4 is 56.2 Å². The van der Waals surface area contributed by atoms with Gasteiger partial charge in [0.1, 0.15) is 17.4 Å². The number of hydrogen-bond donors (Lipinski definition) is 2. The Hall–Kier alpha value is -4.95. The number of halogens is 1. The number of rotatable bonds is 14. The smallest absolute Gasteiger partial charge is 0.328 e. The average molecular weight is 831 g/mol. The van der Waals surface area contributed by atoms with Crippen molar-refractivity contribution in [3.8, 4) is 17.2 Å². The van der Waals surface area contributed by atoms with Crippen LogP contribution in [0.3, 0.4) is 0 Å². The van der Waals surface area contributed by atoms with Crippen LogP contribution < -0.4 is 29.7 Å². The Morgan fingerprint density at radius 1 is 0.946 bits per heavy atom. The number of anilines is 2. The van der Waals surface area contributed by atoms with Crippen molar-refractivity contribution < 1.29 is 28.6 Å². The van der Waals surface area contributed by atoms with Gasteiger partial charge in [-0.15, -0.1) is 0 Å². The summed E-state index contributed by atoms with van der Waals surface area (Å²) in [5, 5.41) is 6.74. The number of nitrogens with one attached hydrogen (secondary N) is 2. The highest BCUT2D eigenvalue weighted by molar-refractivity contribution is 9.10. The molecule has 4 amide bonds. The molecule has 0 unspecified atom stereocenters. The third-order valence-corrected chi connectivity index (χ3v) is 10.9. The molecule has 2 aliphatic rings. The van der Waals surface area contributed by atoms with Crippen LogP contribution in [0, 0.1) is 12.3 Å². The zero-order valence-electron chi connectivity index (χ0n) is 33.3. The number of hydrogen-bond acceptors (Lipinski definition) is 10.